The predicted molar refractivity (Wildman–Crippen MR) is 147 cm³/mol. The zero-order valence-electron chi connectivity index (χ0n) is 21.7. The number of halogens is 3. The second kappa shape index (κ2) is 10.2. The summed E-state index contributed by atoms with van der Waals surface area (Å²) in [4.78, 5) is 16.9. The summed E-state index contributed by atoms with van der Waals surface area (Å²) < 4.78 is 41.5. The van der Waals surface area contributed by atoms with E-state index in [4.69, 9.17) is 5.10 Å². The van der Waals surface area contributed by atoms with Crippen LogP contribution in [0.2, 0.25) is 0 Å². The SMILES string of the molecule is Cc1c(NC(=O)CN2CCN(c3nn4c(-c5ccccc5)nnc4c4ccccc34)CC2)cccc1C(F)(F)F. The Hall–Kier alpha value is -4.51. The van der Waals surface area contributed by atoms with E-state index in [1.54, 1.807) is 4.52 Å². The Labute approximate surface area is 228 Å². The maximum absolute atomic E-state index is 13.3. The topological polar surface area (TPSA) is 78.7 Å². The molecule has 1 fully saturated rings. The molecule has 204 valence electrons. The highest BCUT2D eigenvalue weighted by atomic mass is 19.4. The van der Waals surface area contributed by atoms with Crippen LogP contribution >= 0.6 is 0 Å². The molecule has 0 aliphatic carbocycles. The van der Waals surface area contributed by atoms with E-state index >= 15 is 0 Å². The summed E-state index contributed by atoms with van der Waals surface area (Å²) in [7, 11) is 0. The Kier molecular flexibility index (Phi) is 6.59. The molecule has 0 bridgehead atoms. The number of hydrogen-bond acceptors (Lipinski definition) is 6. The summed E-state index contributed by atoms with van der Waals surface area (Å²) >= 11 is 0. The molecule has 1 amide bonds. The molecule has 5 aromatic rings. The number of benzene rings is 3. The highest BCUT2D eigenvalue weighted by molar-refractivity contribution is 6.00. The lowest BCUT2D eigenvalue weighted by Crippen LogP contribution is -2.49. The van der Waals surface area contributed by atoms with Crippen LogP contribution < -0.4 is 10.2 Å². The number of alkyl halides is 3. The van der Waals surface area contributed by atoms with Gasteiger partial charge in [-0.2, -0.15) is 17.7 Å². The van der Waals surface area contributed by atoms with Gasteiger partial charge in [0.2, 0.25) is 5.91 Å². The minimum Gasteiger partial charge on any atom is -0.352 e. The molecule has 1 saturated heterocycles. The van der Waals surface area contributed by atoms with Crippen LogP contribution in [0, 0.1) is 6.92 Å². The van der Waals surface area contributed by atoms with E-state index in [9.17, 15) is 18.0 Å². The van der Waals surface area contributed by atoms with Crippen molar-refractivity contribution in [3.8, 4) is 11.4 Å². The van der Waals surface area contributed by atoms with E-state index in [1.807, 2.05) is 59.5 Å². The molecule has 40 heavy (non-hydrogen) atoms. The third kappa shape index (κ3) is 4.84. The number of rotatable bonds is 5. The summed E-state index contributed by atoms with van der Waals surface area (Å²) in [6, 6.07) is 21.5. The van der Waals surface area contributed by atoms with Gasteiger partial charge in [0.25, 0.3) is 0 Å². The lowest BCUT2D eigenvalue weighted by Gasteiger charge is -2.35. The predicted octanol–water partition coefficient (Wildman–Crippen LogP) is 5.03. The van der Waals surface area contributed by atoms with Crippen LogP contribution in [0.4, 0.5) is 24.7 Å². The van der Waals surface area contributed by atoms with Gasteiger partial charge in [-0.05, 0) is 24.6 Å². The van der Waals surface area contributed by atoms with Gasteiger partial charge < -0.3 is 10.2 Å². The average molecular weight is 546 g/mol. The first-order valence-corrected chi connectivity index (χ1v) is 12.9. The van der Waals surface area contributed by atoms with Crippen LogP contribution in [0.5, 0.6) is 0 Å². The van der Waals surface area contributed by atoms with Crippen LogP contribution in [-0.4, -0.2) is 63.3 Å². The number of anilines is 2. The van der Waals surface area contributed by atoms with Crippen molar-refractivity contribution in [2.24, 2.45) is 0 Å². The van der Waals surface area contributed by atoms with Crippen LogP contribution in [0.3, 0.4) is 0 Å². The van der Waals surface area contributed by atoms with Crippen molar-refractivity contribution in [1.29, 1.82) is 0 Å². The molecule has 0 atom stereocenters. The van der Waals surface area contributed by atoms with E-state index < -0.39 is 11.7 Å². The van der Waals surface area contributed by atoms with Gasteiger partial charge in [-0.15, -0.1) is 15.3 Å². The van der Waals surface area contributed by atoms with Crippen molar-refractivity contribution in [3.63, 3.8) is 0 Å². The second-order valence-corrected chi connectivity index (χ2v) is 9.78. The van der Waals surface area contributed by atoms with E-state index in [0.717, 1.165) is 28.2 Å². The molecule has 0 radical (unpaired) electrons. The third-order valence-corrected chi connectivity index (χ3v) is 7.23. The minimum atomic E-state index is -4.48. The van der Waals surface area contributed by atoms with Crippen LogP contribution in [0.15, 0.2) is 72.8 Å². The van der Waals surface area contributed by atoms with Gasteiger partial charge in [-0.1, -0.05) is 60.7 Å². The molecular weight excluding hydrogens is 519 g/mol. The number of carbonyl (C=O) groups is 1. The number of piperazine rings is 1. The van der Waals surface area contributed by atoms with Gasteiger partial charge in [0, 0.05) is 48.2 Å². The first kappa shape index (κ1) is 25.8. The van der Waals surface area contributed by atoms with Crippen molar-refractivity contribution in [3.05, 3.63) is 83.9 Å². The maximum Gasteiger partial charge on any atom is 0.416 e. The smallest absolute Gasteiger partial charge is 0.352 e. The summed E-state index contributed by atoms with van der Waals surface area (Å²) in [5.41, 5.74) is 1.02. The Morgan fingerprint density at radius 2 is 1.57 bits per heavy atom. The molecule has 3 aromatic carbocycles. The fourth-order valence-electron chi connectivity index (χ4n) is 5.15. The second-order valence-electron chi connectivity index (χ2n) is 9.78. The van der Waals surface area contributed by atoms with Gasteiger partial charge in [-0.25, -0.2) is 0 Å². The number of nitrogens with zero attached hydrogens (tertiary/aromatic N) is 6. The molecule has 1 aliphatic rings. The molecule has 0 saturated carbocycles. The molecule has 0 unspecified atom stereocenters. The zero-order chi connectivity index (χ0) is 27.9. The zero-order valence-corrected chi connectivity index (χ0v) is 21.7. The molecule has 1 aliphatic heterocycles. The van der Waals surface area contributed by atoms with Gasteiger partial charge in [-0.3, -0.25) is 9.69 Å². The van der Waals surface area contributed by atoms with E-state index in [1.165, 1.54) is 19.1 Å². The Morgan fingerprint density at radius 1 is 0.875 bits per heavy atom. The fourth-order valence-corrected chi connectivity index (χ4v) is 5.15. The number of aromatic nitrogens is 4. The van der Waals surface area contributed by atoms with E-state index in [0.29, 0.717) is 37.7 Å². The highest BCUT2D eigenvalue weighted by Crippen LogP contribution is 2.34. The molecule has 0 spiro atoms. The van der Waals surface area contributed by atoms with Crippen molar-refractivity contribution < 1.29 is 18.0 Å². The van der Waals surface area contributed by atoms with Gasteiger partial charge in [0.15, 0.2) is 17.3 Å². The molecule has 1 N–H and O–H groups in total. The van der Waals surface area contributed by atoms with E-state index in [2.05, 4.69) is 20.4 Å². The molecule has 6 rings (SSSR count). The molecule has 8 nitrogen and oxygen atoms in total. The van der Waals surface area contributed by atoms with E-state index in [-0.39, 0.29) is 23.7 Å². The van der Waals surface area contributed by atoms with Crippen LogP contribution in [0.1, 0.15) is 11.1 Å². The molecule has 3 heterocycles. The van der Waals surface area contributed by atoms with Crippen LogP contribution in [-0.2, 0) is 11.0 Å². The lowest BCUT2D eigenvalue weighted by molar-refractivity contribution is -0.138. The van der Waals surface area contributed by atoms with Crippen molar-refractivity contribution in [2.75, 3.05) is 42.9 Å². The Bertz CT molecular complexity index is 1690. The van der Waals surface area contributed by atoms with Gasteiger partial charge >= 0.3 is 6.18 Å². The van der Waals surface area contributed by atoms with Gasteiger partial charge in [0.05, 0.1) is 12.1 Å². The summed E-state index contributed by atoms with van der Waals surface area (Å²) in [5, 5.41) is 18.4. The number of fused-ring (bicyclic) bond motifs is 3. The number of carbonyl (C=O) groups excluding carboxylic acids is 1. The Morgan fingerprint density at radius 3 is 2.30 bits per heavy atom. The van der Waals surface area contributed by atoms with Gasteiger partial charge in [0.1, 0.15) is 0 Å². The summed E-state index contributed by atoms with van der Waals surface area (Å²) in [6.45, 7) is 3.89. The normalized spacial score (nSPS) is 14.7. The monoisotopic (exact) mass is 545 g/mol. The van der Waals surface area contributed by atoms with Crippen molar-refractivity contribution in [1.82, 2.24) is 24.7 Å². The first-order chi connectivity index (χ1) is 19.3. The minimum absolute atomic E-state index is 0.00498. The molecular formula is C29H26F3N7O. The lowest BCUT2D eigenvalue weighted by atomic mass is 10.1. The average Bonchev–Trinajstić information content (AvgIpc) is 3.38. The fraction of sp³-hybridized carbons (Fsp3) is 0.241. The quantitative estimate of drug-likeness (QED) is 0.334. The number of nitrogens with one attached hydrogen (secondary N) is 1. The highest BCUT2D eigenvalue weighted by Gasteiger charge is 2.33. The molecule has 2 aromatic heterocycles. The third-order valence-electron chi connectivity index (χ3n) is 7.23. The van der Waals surface area contributed by atoms with Crippen molar-refractivity contribution in [2.45, 2.75) is 13.1 Å². The van der Waals surface area contributed by atoms with Crippen molar-refractivity contribution >= 4 is 33.8 Å². The first-order valence-electron chi connectivity index (χ1n) is 12.9. The standard InChI is InChI=1S/C29H26F3N7O/c1-19-23(29(30,31)32)12-7-13-24(19)33-25(40)18-37-14-16-38(17-15-37)28-22-11-6-5-10-21(22)27-35-34-26(39(27)36-28)20-8-3-2-4-9-20/h2-13H,14-18H2,1H3,(H,33,40). The Balaban J connectivity index is 1.19. The van der Waals surface area contributed by atoms with Crippen LogP contribution in [0.25, 0.3) is 27.8 Å². The summed E-state index contributed by atoms with van der Waals surface area (Å²) in [6.07, 6.45) is -4.48. The number of hydrogen-bond donors (Lipinski definition) is 1. The maximum atomic E-state index is 13.3. The largest absolute Gasteiger partial charge is 0.416 e. The molecule has 11 heteroatoms. The summed E-state index contributed by atoms with van der Waals surface area (Å²) in [5.74, 6) is 1.12. The number of amides is 1.